The largest absolute Gasteiger partial charge is 0.381 e. The van der Waals surface area contributed by atoms with Crippen LogP contribution in [-0.4, -0.2) is 40.8 Å². The van der Waals surface area contributed by atoms with Crippen LogP contribution in [0.25, 0.3) is 37.1 Å². The third-order valence-corrected chi connectivity index (χ3v) is 8.30. The van der Waals surface area contributed by atoms with Crippen LogP contribution >= 0.6 is 22.9 Å². The molecule has 6 rings (SSSR count). The molecule has 5 aromatic rings. The molecule has 1 aliphatic rings. The molecular formula is C27H23ClN4O3S. The van der Waals surface area contributed by atoms with Crippen molar-refractivity contribution >= 4 is 49.6 Å². The van der Waals surface area contributed by atoms with Crippen molar-refractivity contribution in [2.24, 2.45) is 0 Å². The van der Waals surface area contributed by atoms with Gasteiger partial charge in [0.15, 0.2) is 0 Å². The molecule has 2 aromatic carbocycles. The van der Waals surface area contributed by atoms with Gasteiger partial charge in [0, 0.05) is 58.3 Å². The summed E-state index contributed by atoms with van der Waals surface area (Å²) in [6, 6.07) is 15.3. The number of aromatic nitrogens is 3. The lowest BCUT2D eigenvalue weighted by molar-refractivity contribution is 0.0819. The fraction of sp³-hybridized carbons (Fsp3) is 0.222. The summed E-state index contributed by atoms with van der Waals surface area (Å²) in [6.45, 7) is 1.77. The van der Waals surface area contributed by atoms with Crippen molar-refractivity contribution in [3.05, 3.63) is 86.8 Å². The SMILES string of the molecule is COC1CCN(c2ccc3cncc(-n4c(=O)[nH]c5cc(-c6ccccc6Cl)sc5c4=O)c3c2)CC1. The van der Waals surface area contributed by atoms with E-state index in [0.29, 0.717) is 20.9 Å². The summed E-state index contributed by atoms with van der Waals surface area (Å²) >= 11 is 7.69. The van der Waals surface area contributed by atoms with Crippen LogP contribution in [0.3, 0.4) is 0 Å². The number of nitrogens with one attached hydrogen (secondary N) is 1. The van der Waals surface area contributed by atoms with Gasteiger partial charge in [0.25, 0.3) is 5.56 Å². The van der Waals surface area contributed by atoms with Crippen molar-refractivity contribution in [1.82, 2.24) is 14.5 Å². The summed E-state index contributed by atoms with van der Waals surface area (Å²) < 4.78 is 7.15. The Balaban J connectivity index is 1.48. The third-order valence-electron chi connectivity index (χ3n) is 6.82. The highest BCUT2D eigenvalue weighted by Gasteiger charge is 2.21. The molecular weight excluding hydrogens is 496 g/mol. The number of hydrogen-bond donors (Lipinski definition) is 1. The minimum Gasteiger partial charge on any atom is -0.381 e. The summed E-state index contributed by atoms with van der Waals surface area (Å²) in [5, 5.41) is 2.25. The summed E-state index contributed by atoms with van der Waals surface area (Å²) in [4.78, 5) is 37.2. The molecule has 7 nitrogen and oxygen atoms in total. The van der Waals surface area contributed by atoms with Crippen LogP contribution in [0.4, 0.5) is 5.69 Å². The van der Waals surface area contributed by atoms with Gasteiger partial charge >= 0.3 is 5.69 Å². The summed E-state index contributed by atoms with van der Waals surface area (Å²) in [7, 11) is 1.76. The number of hydrogen-bond acceptors (Lipinski definition) is 6. The van der Waals surface area contributed by atoms with E-state index in [1.807, 2.05) is 30.3 Å². The molecule has 1 fully saturated rings. The minimum atomic E-state index is -0.503. The maximum atomic E-state index is 13.6. The molecule has 0 spiro atoms. The predicted molar refractivity (Wildman–Crippen MR) is 146 cm³/mol. The zero-order valence-corrected chi connectivity index (χ0v) is 21.1. The lowest BCUT2D eigenvalue weighted by Gasteiger charge is -2.33. The number of methoxy groups -OCH3 is 1. The van der Waals surface area contributed by atoms with Gasteiger partial charge in [-0.3, -0.25) is 9.78 Å². The Morgan fingerprint density at radius 2 is 1.89 bits per heavy atom. The first-order chi connectivity index (χ1) is 17.5. The number of benzene rings is 2. The highest BCUT2D eigenvalue weighted by Crippen LogP contribution is 2.35. The van der Waals surface area contributed by atoms with Crippen LogP contribution < -0.4 is 16.1 Å². The van der Waals surface area contributed by atoms with E-state index in [0.717, 1.165) is 52.8 Å². The first kappa shape index (κ1) is 23.0. The smallest absolute Gasteiger partial charge is 0.333 e. The van der Waals surface area contributed by atoms with Crippen LogP contribution in [0.15, 0.2) is 70.5 Å². The summed E-state index contributed by atoms with van der Waals surface area (Å²) in [5.74, 6) is 0. The van der Waals surface area contributed by atoms with Gasteiger partial charge in [0.1, 0.15) is 4.70 Å². The van der Waals surface area contributed by atoms with Crippen LogP contribution in [0, 0.1) is 0 Å². The van der Waals surface area contributed by atoms with Crippen molar-refractivity contribution in [2.75, 3.05) is 25.1 Å². The van der Waals surface area contributed by atoms with Crippen molar-refractivity contribution in [2.45, 2.75) is 18.9 Å². The van der Waals surface area contributed by atoms with E-state index >= 15 is 0 Å². The van der Waals surface area contributed by atoms with E-state index in [1.54, 1.807) is 31.6 Å². The molecule has 36 heavy (non-hydrogen) atoms. The Kier molecular flexibility index (Phi) is 5.87. The second-order valence-electron chi connectivity index (χ2n) is 8.89. The molecule has 0 radical (unpaired) electrons. The Labute approximate surface area is 215 Å². The van der Waals surface area contributed by atoms with Gasteiger partial charge in [-0.1, -0.05) is 35.9 Å². The lowest BCUT2D eigenvalue weighted by atomic mass is 10.1. The molecule has 182 valence electrons. The molecule has 1 aliphatic heterocycles. The van der Waals surface area contributed by atoms with E-state index in [-0.39, 0.29) is 11.7 Å². The third kappa shape index (κ3) is 3.91. The first-order valence-corrected chi connectivity index (χ1v) is 12.9. The quantitative estimate of drug-likeness (QED) is 0.352. The monoisotopic (exact) mass is 518 g/mol. The fourth-order valence-corrected chi connectivity index (χ4v) is 6.26. The predicted octanol–water partition coefficient (Wildman–Crippen LogP) is 5.22. The Hall–Kier alpha value is -3.46. The van der Waals surface area contributed by atoms with E-state index in [9.17, 15) is 9.59 Å². The normalized spacial score (nSPS) is 14.7. The topological polar surface area (TPSA) is 80.2 Å². The van der Waals surface area contributed by atoms with Gasteiger partial charge in [0.2, 0.25) is 0 Å². The number of aromatic amines is 1. The van der Waals surface area contributed by atoms with Gasteiger partial charge in [-0.25, -0.2) is 9.36 Å². The molecule has 3 aromatic heterocycles. The van der Waals surface area contributed by atoms with Crippen LogP contribution in [-0.2, 0) is 4.74 Å². The van der Waals surface area contributed by atoms with Crippen LogP contribution in [0.1, 0.15) is 12.8 Å². The molecule has 0 aliphatic carbocycles. The molecule has 0 saturated carbocycles. The number of rotatable bonds is 4. The molecule has 0 unspecified atom stereocenters. The number of piperidine rings is 1. The second-order valence-corrected chi connectivity index (χ2v) is 10.3. The van der Waals surface area contributed by atoms with Crippen molar-refractivity contribution in [3.8, 4) is 16.1 Å². The van der Waals surface area contributed by atoms with Gasteiger partial charge in [0.05, 0.1) is 23.5 Å². The minimum absolute atomic E-state index is 0.284. The van der Waals surface area contributed by atoms with Gasteiger partial charge in [-0.05, 0) is 37.1 Å². The lowest BCUT2D eigenvalue weighted by Crippen LogP contribution is -2.36. The highest BCUT2D eigenvalue weighted by atomic mass is 35.5. The van der Waals surface area contributed by atoms with E-state index in [2.05, 4.69) is 20.9 Å². The van der Waals surface area contributed by atoms with Crippen molar-refractivity contribution in [1.29, 1.82) is 0 Å². The number of thiophene rings is 1. The maximum Gasteiger partial charge on any atom is 0.333 e. The fourth-order valence-electron chi connectivity index (χ4n) is 4.88. The van der Waals surface area contributed by atoms with Crippen molar-refractivity contribution < 1.29 is 4.74 Å². The molecule has 0 atom stereocenters. The number of halogens is 1. The average Bonchev–Trinajstić information content (AvgIpc) is 3.33. The summed E-state index contributed by atoms with van der Waals surface area (Å²) in [6.07, 6.45) is 5.53. The zero-order chi connectivity index (χ0) is 24.8. The number of nitrogens with zero attached hydrogens (tertiary/aromatic N) is 3. The highest BCUT2D eigenvalue weighted by molar-refractivity contribution is 7.22. The Bertz CT molecular complexity index is 1720. The number of pyridine rings is 1. The summed E-state index contributed by atoms with van der Waals surface area (Å²) in [5.41, 5.74) is 1.94. The zero-order valence-electron chi connectivity index (χ0n) is 19.5. The molecule has 4 heterocycles. The number of H-pyrrole nitrogens is 1. The van der Waals surface area contributed by atoms with E-state index in [4.69, 9.17) is 16.3 Å². The first-order valence-electron chi connectivity index (χ1n) is 11.7. The molecule has 0 amide bonds. The molecule has 0 bridgehead atoms. The number of anilines is 1. The average molecular weight is 519 g/mol. The van der Waals surface area contributed by atoms with Gasteiger partial charge in [-0.2, -0.15) is 0 Å². The van der Waals surface area contributed by atoms with Crippen LogP contribution in [0.5, 0.6) is 0 Å². The van der Waals surface area contributed by atoms with Gasteiger partial charge < -0.3 is 14.6 Å². The van der Waals surface area contributed by atoms with E-state index < -0.39 is 5.69 Å². The van der Waals surface area contributed by atoms with Crippen molar-refractivity contribution in [3.63, 3.8) is 0 Å². The number of ether oxygens (including phenoxy) is 1. The maximum absolute atomic E-state index is 13.6. The molecule has 9 heteroatoms. The number of fused-ring (bicyclic) bond motifs is 2. The van der Waals surface area contributed by atoms with E-state index in [1.165, 1.54) is 15.9 Å². The molecule has 1 N–H and O–H groups in total. The van der Waals surface area contributed by atoms with Crippen LogP contribution in [0.2, 0.25) is 5.02 Å². The second kappa shape index (κ2) is 9.20. The Morgan fingerprint density at radius 3 is 2.67 bits per heavy atom. The standard InChI is InChI=1S/C27H23ClN4O3S/c1-35-18-8-10-31(11-9-18)17-7-6-16-14-29-15-23(20(16)12-17)32-26(33)25-22(30-27(32)34)13-24(36-25)19-4-2-3-5-21(19)28/h2-7,12-15,18H,8-11H2,1H3,(H,30,34). The van der Waals surface area contributed by atoms with Gasteiger partial charge in [-0.15, -0.1) is 11.3 Å². The molecule has 1 saturated heterocycles. The Morgan fingerprint density at radius 1 is 1.08 bits per heavy atom.